The fraction of sp³-hybridized carbons (Fsp3) is 1.00. The molecule has 0 aromatic heterocycles. The fourth-order valence-electron chi connectivity index (χ4n) is 1.48. The number of hydrogen-bond acceptors (Lipinski definition) is 1. The van der Waals surface area contributed by atoms with Crippen LogP contribution in [0.5, 0.6) is 0 Å². The third-order valence-corrected chi connectivity index (χ3v) is 2.59. The molecule has 1 aliphatic carbocycles. The Hall–Kier alpha value is -0.0400. The van der Waals surface area contributed by atoms with Gasteiger partial charge in [-0.1, -0.05) is 32.6 Å². The summed E-state index contributed by atoms with van der Waals surface area (Å²) in [5, 5.41) is 3.52. The average molecular weight is 169 g/mol. The van der Waals surface area contributed by atoms with E-state index in [0.29, 0.717) is 0 Å². The van der Waals surface area contributed by atoms with E-state index >= 15 is 0 Å². The smallest absolute Gasteiger partial charge is 0.00205 e. The van der Waals surface area contributed by atoms with E-state index in [2.05, 4.69) is 12.2 Å². The molecular weight excluding hydrogens is 146 g/mol. The summed E-state index contributed by atoms with van der Waals surface area (Å²) in [6.07, 6.45) is 9.96. The highest BCUT2D eigenvalue weighted by Crippen LogP contribution is 2.27. The van der Waals surface area contributed by atoms with Crippen molar-refractivity contribution in [3.63, 3.8) is 0 Å². The first-order valence-corrected chi connectivity index (χ1v) is 5.64. The van der Waals surface area contributed by atoms with Gasteiger partial charge in [0.05, 0.1) is 0 Å². The lowest BCUT2D eigenvalue weighted by molar-refractivity contribution is 0.569. The molecule has 0 aliphatic heterocycles. The molecule has 1 rings (SSSR count). The molecule has 0 bridgehead atoms. The summed E-state index contributed by atoms with van der Waals surface area (Å²) in [5.41, 5.74) is 0. The first kappa shape index (κ1) is 10.0. The lowest BCUT2D eigenvalue weighted by atomic mass is 10.1. The van der Waals surface area contributed by atoms with Gasteiger partial charge >= 0.3 is 0 Å². The molecule has 0 unspecified atom stereocenters. The standard InChI is InChI=1S/C11H23N/c1-2-3-4-5-6-9-12-10-11-7-8-11/h11-12H,2-10H2,1H3. The Balaban J connectivity index is 1.65. The Labute approximate surface area is 76.9 Å². The molecule has 1 nitrogen and oxygen atoms in total. The van der Waals surface area contributed by atoms with E-state index in [-0.39, 0.29) is 0 Å². The molecule has 0 aromatic carbocycles. The molecule has 0 saturated heterocycles. The molecule has 72 valence electrons. The van der Waals surface area contributed by atoms with Crippen molar-refractivity contribution in [1.82, 2.24) is 5.32 Å². The minimum atomic E-state index is 1.04. The SMILES string of the molecule is CCCCCCCNCC1CC1. The van der Waals surface area contributed by atoms with Crippen molar-refractivity contribution < 1.29 is 0 Å². The normalized spacial score (nSPS) is 16.8. The van der Waals surface area contributed by atoms with Crippen molar-refractivity contribution in [2.45, 2.75) is 51.9 Å². The molecule has 1 fully saturated rings. The second kappa shape index (κ2) is 6.47. The fourth-order valence-corrected chi connectivity index (χ4v) is 1.48. The van der Waals surface area contributed by atoms with Crippen LogP contribution in [0.3, 0.4) is 0 Å². The Morgan fingerprint density at radius 2 is 1.83 bits per heavy atom. The van der Waals surface area contributed by atoms with Crippen molar-refractivity contribution in [2.24, 2.45) is 5.92 Å². The van der Waals surface area contributed by atoms with E-state index in [1.165, 1.54) is 58.0 Å². The van der Waals surface area contributed by atoms with Crippen LogP contribution in [-0.4, -0.2) is 13.1 Å². The van der Waals surface area contributed by atoms with Gasteiger partial charge in [-0.2, -0.15) is 0 Å². The van der Waals surface area contributed by atoms with Crippen LogP contribution in [0.25, 0.3) is 0 Å². The maximum absolute atomic E-state index is 3.52. The predicted molar refractivity (Wildman–Crippen MR) is 54.4 cm³/mol. The number of hydrogen-bond donors (Lipinski definition) is 1. The average Bonchev–Trinajstić information content (AvgIpc) is 2.87. The summed E-state index contributed by atoms with van der Waals surface area (Å²) in [6.45, 7) is 4.80. The molecule has 12 heavy (non-hydrogen) atoms. The monoisotopic (exact) mass is 169 g/mol. The van der Waals surface area contributed by atoms with Gasteiger partial charge in [0.15, 0.2) is 0 Å². The summed E-state index contributed by atoms with van der Waals surface area (Å²) in [5.74, 6) is 1.04. The maximum atomic E-state index is 3.52. The van der Waals surface area contributed by atoms with Crippen molar-refractivity contribution in [3.8, 4) is 0 Å². The molecule has 0 radical (unpaired) electrons. The zero-order chi connectivity index (χ0) is 8.65. The van der Waals surface area contributed by atoms with E-state index in [9.17, 15) is 0 Å². The quantitative estimate of drug-likeness (QED) is 0.551. The highest BCUT2D eigenvalue weighted by atomic mass is 14.9. The van der Waals surface area contributed by atoms with Crippen LogP contribution in [0, 0.1) is 5.92 Å². The molecule has 1 N–H and O–H groups in total. The lowest BCUT2D eigenvalue weighted by Crippen LogP contribution is -2.17. The predicted octanol–water partition coefficient (Wildman–Crippen LogP) is 2.96. The summed E-state index contributed by atoms with van der Waals surface area (Å²) >= 11 is 0. The molecule has 1 heteroatoms. The van der Waals surface area contributed by atoms with Gasteiger partial charge in [-0.05, 0) is 38.3 Å². The van der Waals surface area contributed by atoms with Crippen LogP contribution < -0.4 is 5.32 Å². The maximum Gasteiger partial charge on any atom is -0.00205 e. The Bertz CT molecular complexity index is 97.2. The van der Waals surface area contributed by atoms with Gasteiger partial charge in [0.25, 0.3) is 0 Å². The zero-order valence-electron chi connectivity index (χ0n) is 8.44. The molecule has 0 heterocycles. The van der Waals surface area contributed by atoms with E-state index in [0.717, 1.165) is 5.92 Å². The van der Waals surface area contributed by atoms with Crippen molar-refractivity contribution in [1.29, 1.82) is 0 Å². The minimum Gasteiger partial charge on any atom is -0.316 e. The first-order chi connectivity index (χ1) is 5.93. The van der Waals surface area contributed by atoms with Crippen LogP contribution in [0.4, 0.5) is 0 Å². The highest BCUT2D eigenvalue weighted by Gasteiger charge is 2.19. The van der Waals surface area contributed by atoms with Crippen molar-refractivity contribution in [2.75, 3.05) is 13.1 Å². The van der Waals surface area contributed by atoms with Crippen LogP contribution in [0.2, 0.25) is 0 Å². The Kier molecular flexibility index (Phi) is 5.42. The minimum absolute atomic E-state index is 1.04. The molecule has 0 amide bonds. The van der Waals surface area contributed by atoms with Crippen LogP contribution in [-0.2, 0) is 0 Å². The topological polar surface area (TPSA) is 12.0 Å². The van der Waals surface area contributed by atoms with Crippen LogP contribution in [0.15, 0.2) is 0 Å². The third-order valence-electron chi connectivity index (χ3n) is 2.59. The van der Waals surface area contributed by atoms with Crippen molar-refractivity contribution >= 4 is 0 Å². The Morgan fingerprint density at radius 3 is 2.50 bits per heavy atom. The van der Waals surface area contributed by atoms with Crippen molar-refractivity contribution in [3.05, 3.63) is 0 Å². The molecule has 0 atom stereocenters. The van der Waals surface area contributed by atoms with E-state index < -0.39 is 0 Å². The number of unbranched alkanes of at least 4 members (excludes halogenated alkanes) is 4. The summed E-state index contributed by atoms with van der Waals surface area (Å²) in [6, 6.07) is 0. The number of rotatable bonds is 8. The Morgan fingerprint density at radius 1 is 1.08 bits per heavy atom. The molecular formula is C11H23N. The van der Waals surface area contributed by atoms with Gasteiger partial charge in [0.2, 0.25) is 0 Å². The molecule has 0 spiro atoms. The van der Waals surface area contributed by atoms with E-state index in [1.54, 1.807) is 0 Å². The van der Waals surface area contributed by atoms with Gasteiger partial charge in [-0.25, -0.2) is 0 Å². The number of nitrogens with one attached hydrogen (secondary N) is 1. The van der Waals surface area contributed by atoms with Gasteiger partial charge in [0.1, 0.15) is 0 Å². The lowest BCUT2D eigenvalue weighted by Gasteiger charge is -2.02. The van der Waals surface area contributed by atoms with Crippen LogP contribution >= 0.6 is 0 Å². The van der Waals surface area contributed by atoms with Gasteiger partial charge in [-0.3, -0.25) is 0 Å². The largest absolute Gasteiger partial charge is 0.316 e. The molecule has 1 saturated carbocycles. The van der Waals surface area contributed by atoms with E-state index in [4.69, 9.17) is 0 Å². The van der Waals surface area contributed by atoms with E-state index in [1.807, 2.05) is 0 Å². The van der Waals surface area contributed by atoms with Gasteiger partial charge in [-0.15, -0.1) is 0 Å². The molecule has 1 aliphatic rings. The van der Waals surface area contributed by atoms with Gasteiger partial charge < -0.3 is 5.32 Å². The van der Waals surface area contributed by atoms with Gasteiger partial charge in [0, 0.05) is 0 Å². The zero-order valence-corrected chi connectivity index (χ0v) is 8.44. The summed E-state index contributed by atoms with van der Waals surface area (Å²) in [4.78, 5) is 0. The second-order valence-corrected chi connectivity index (χ2v) is 4.06. The molecule has 0 aromatic rings. The first-order valence-electron chi connectivity index (χ1n) is 5.64. The van der Waals surface area contributed by atoms with Crippen LogP contribution in [0.1, 0.15) is 51.9 Å². The summed E-state index contributed by atoms with van der Waals surface area (Å²) in [7, 11) is 0. The third kappa shape index (κ3) is 5.59. The summed E-state index contributed by atoms with van der Waals surface area (Å²) < 4.78 is 0. The highest BCUT2D eigenvalue weighted by molar-refractivity contribution is 4.74. The second-order valence-electron chi connectivity index (χ2n) is 4.06.